The maximum absolute atomic E-state index is 12.1. The summed E-state index contributed by atoms with van der Waals surface area (Å²) in [7, 11) is 0. The first-order valence-electron chi connectivity index (χ1n) is 6.41. The zero-order valence-corrected chi connectivity index (χ0v) is 14.4. The van der Waals surface area contributed by atoms with Gasteiger partial charge < -0.3 is 9.84 Å². The lowest BCUT2D eigenvalue weighted by Crippen LogP contribution is -2.30. The van der Waals surface area contributed by atoms with E-state index in [-0.39, 0.29) is 11.9 Å². The zero-order chi connectivity index (χ0) is 15.4. The molecule has 0 saturated heterocycles. The van der Waals surface area contributed by atoms with Crippen molar-refractivity contribution in [2.45, 2.75) is 37.6 Å². The summed E-state index contributed by atoms with van der Waals surface area (Å²) in [5.74, 6) is 1.00. The Labute approximate surface area is 135 Å². The van der Waals surface area contributed by atoms with Crippen molar-refractivity contribution in [2.24, 2.45) is 0 Å². The molecule has 2 N–H and O–H groups in total. The molecule has 0 unspecified atom stereocenters. The molecule has 0 aliphatic rings. The van der Waals surface area contributed by atoms with Crippen molar-refractivity contribution < 1.29 is 9.32 Å². The van der Waals surface area contributed by atoms with Crippen molar-refractivity contribution in [1.29, 1.82) is 0 Å². The molecule has 0 bridgehead atoms. The van der Waals surface area contributed by atoms with Gasteiger partial charge in [0.1, 0.15) is 5.76 Å². The Hall–Kier alpha value is -1.19. The summed E-state index contributed by atoms with van der Waals surface area (Å²) >= 11 is 7.68. The molecule has 6 nitrogen and oxygen atoms in total. The first-order valence-corrected chi connectivity index (χ1v) is 8.62. The summed E-state index contributed by atoms with van der Waals surface area (Å²) < 4.78 is 6.54. The Balaban J connectivity index is 1.95. The van der Waals surface area contributed by atoms with Crippen molar-refractivity contribution in [3.05, 3.63) is 21.0 Å². The fourth-order valence-electron chi connectivity index (χ4n) is 2.01. The molecule has 21 heavy (non-hydrogen) atoms. The third kappa shape index (κ3) is 4.14. The molecule has 9 heteroatoms. The highest BCUT2D eigenvalue weighted by molar-refractivity contribution is 8.01. The molecule has 0 aliphatic heterocycles. The number of carbonyl (C=O) groups excluding carboxylic acids is 1. The van der Waals surface area contributed by atoms with E-state index in [0.717, 1.165) is 27.8 Å². The zero-order valence-electron chi connectivity index (χ0n) is 11.9. The van der Waals surface area contributed by atoms with Crippen LogP contribution in [0, 0.1) is 17.8 Å². The molecule has 0 aromatic carbocycles. The maximum Gasteiger partial charge on any atom is 0.230 e. The van der Waals surface area contributed by atoms with Crippen molar-refractivity contribution in [2.75, 3.05) is 5.75 Å². The Bertz CT molecular complexity index is 657. The molecule has 1 atom stereocenters. The monoisotopic (exact) mass is 344 g/mol. The topological polar surface area (TPSA) is 83.8 Å². The Morgan fingerprint density at radius 3 is 2.86 bits per heavy atom. The van der Waals surface area contributed by atoms with Gasteiger partial charge in [0.25, 0.3) is 0 Å². The Morgan fingerprint density at radius 2 is 2.33 bits per heavy atom. The van der Waals surface area contributed by atoms with E-state index in [2.05, 4.69) is 20.7 Å². The second kappa shape index (κ2) is 7.19. The summed E-state index contributed by atoms with van der Waals surface area (Å²) in [5.41, 5.74) is 1.78. The van der Waals surface area contributed by atoms with Gasteiger partial charge in [0.15, 0.2) is 8.29 Å². The van der Waals surface area contributed by atoms with Gasteiger partial charge in [0, 0.05) is 5.56 Å². The number of rotatable bonds is 6. The smallest absolute Gasteiger partial charge is 0.230 e. The van der Waals surface area contributed by atoms with Crippen molar-refractivity contribution >= 4 is 41.2 Å². The van der Waals surface area contributed by atoms with Crippen molar-refractivity contribution in [1.82, 2.24) is 20.7 Å². The highest BCUT2D eigenvalue weighted by Gasteiger charge is 2.20. The van der Waals surface area contributed by atoms with E-state index < -0.39 is 0 Å². The van der Waals surface area contributed by atoms with Crippen LogP contribution in [0.3, 0.4) is 0 Å². The summed E-state index contributed by atoms with van der Waals surface area (Å²) in [6.45, 7) is 5.75. The number of H-pyrrole nitrogens is 1. The largest absolute Gasteiger partial charge is 0.361 e. The molecule has 2 aromatic heterocycles. The minimum absolute atomic E-state index is 0.0482. The third-order valence-corrected chi connectivity index (χ3v) is 5.16. The molecular weight excluding hydrogens is 328 g/mol. The summed E-state index contributed by atoms with van der Waals surface area (Å²) in [5, 5.41) is 13.6. The van der Waals surface area contributed by atoms with Gasteiger partial charge in [-0.05, 0) is 32.5 Å². The van der Waals surface area contributed by atoms with Crippen LogP contribution in [0.25, 0.3) is 0 Å². The standard InChI is InChI=1S/C12H16N4O2S3/c1-4-8(10-6(2)16-18-7(10)3)13-9(17)5-20-12-15-14-11(19)21-12/h8H,4-5H2,1-3H3,(H,13,17)(H,14,19)/t8-/m0/s1. The fourth-order valence-corrected chi connectivity index (χ4v) is 3.90. The predicted molar refractivity (Wildman–Crippen MR) is 85.2 cm³/mol. The number of hydrogen-bond donors (Lipinski definition) is 2. The van der Waals surface area contributed by atoms with Crippen LogP contribution in [0.1, 0.15) is 36.4 Å². The molecule has 1 amide bonds. The summed E-state index contributed by atoms with van der Waals surface area (Å²) in [6, 6.07) is -0.0817. The molecule has 0 aliphatic carbocycles. The molecule has 2 rings (SSSR count). The third-order valence-electron chi connectivity index (χ3n) is 2.93. The molecule has 0 radical (unpaired) electrons. The van der Waals surface area contributed by atoms with Crippen LogP contribution in [0.2, 0.25) is 0 Å². The number of nitrogens with zero attached hydrogens (tertiary/aromatic N) is 2. The van der Waals surface area contributed by atoms with Crippen LogP contribution in [0.15, 0.2) is 8.86 Å². The first-order chi connectivity index (χ1) is 10.0. The van der Waals surface area contributed by atoms with E-state index >= 15 is 0 Å². The van der Waals surface area contributed by atoms with Gasteiger partial charge in [-0.3, -0.25) is 9.89 Å². The first kappa shape index (κ1) is 16.2. The van der Waals surface area contributed by atoms with Crippen LogP contribution < -0.4 is 5.32 Å². The van der Waals surface area contributed by atoms with Gasteiger partial charge in [-0.25, -0.2) is 0 Å². The van der Waals surface area contributed by atoms with Gasteiger partial charge in [0.05, 0.1) is 17.5 Å². The normalized spacial score (nSPS) is 12.3. The van der Waals surface area contributed by atoms with Crippen LogP contribution in [0.5, 0.6) is 0 Å². The number of amides is 1. The average molecular weight is 344 g/mol. The van der Waals surface area contributed by atoms with E-state index in [0.29, 0.717) is 9.71 Å². The van der Waals surface area contributed by atoms with Gasteiger partial charge >= 0.3 is 0 Å². The lowest BCUT2D eigenvalue weighted by molar-refractivity contribution is -0.119. The predicted octanol–water partition coefficient (Wildman–Crippen LogP) is 3.17. The molecule has 0 spiro atoms. The van der Waals surface area contributed by atoms with Gasteiger partial charge in [-0.1, -0.05) is 35.2 Å². The van der Waals surface area contributed by atoms with Gasteiger partial charge in [-0.2, -0.15) is 5.10 Å². The number of aromatic nitrogens is 3. The fraction of sp³-hybridized carbons (Fsp3) is 0.500. The molecule has 0 saturated carbocycles. The highest BCUT2D eigenvalue weighted by atomic mass is 32.2. The second-order valence-electron chi connectivity index (χ2n) is 4.43. The van der Waals surface area contributed by atoms with Gasteiger partial charge in [-0.15, -0.1) is 0 Å². The Morgan fingerprint density at radius 1 is 1.57 bits per heavy atom. The van der Waals surface area contributed by atoms with E-state index in [1.165, 1.54) is 23.1 Å². The number of thioether (sulfide) groups is 1. The maximum atomic E-state index is 12.1. The second-order valence-corrected chi connectivity index (χ2v) is 7.32. The minimum atomic E-state index is -0.0817. The summed E-state index contributed by atoms with van der Waals surface area (Å²) in [4.78, 5) is 12.1. The van der Waals surface area contributed by atoms with Crippen LogP contribution in [-0.4, -0.2) is 27.0 Å². The number of aromatic amines is 1. The van der Waals surface area contributed by atoms with E-state index in [1.807, 2.05) is 20.8 Å². The SMILES string of the molecule is CC[C@H](NC(=O)CSc1n[nH]c(=S)s1)c1c(C)noc1C. The van der Waals surface area contributed by atoms with Gasteiger partial charge in [0.2, 0.25) is 5.91 Å². The molecular formula is C12H16N4O2S3. The van der Waals surface area contributed by atoms with Crippen molar-refractivity contribution in [3.8, 4) is 0 Å². The number of nitrogens with one attached hydrogen (secondary N) is 2. The number of hydrogen-bond acceptors (Lipinski definition) is 7. The minimum Gasteiger partial charge on any atom is -0.361 e. The molecule has 0 fully saturated rings. The number of carbonyl (C=O) groups is 1. The lowest BCUT2D eigenvalue weighted by Gasteiger charge is -2.16. The van der Waals surface area contributed by atoms with Crippen molar-refractivity contribution in [3.63, 3.8) is 0 Å². The Kier molecular flexibility index (Phi) is 5.54. The summed E-state index contributed by atoms with van der Waals surface area (Å²) in [6.07, 6.45) is 0.778. The average Bonchev–Trinajstić information content (AvgIpc) is 3.01. The van der Waals surface area contributed by atoms with Crippen LogP contribution >= 0.6 is 35.3 Å². The number of aryl methyl sites for hydroxylation is 2. The van der Waals surface area contributed by atoms with Crippen LogP contribution in [-0.2, 0) is 4.79 Å². The molecule has 2 aromatic rings. The highest BCUT2D eigenvalue weighted by Crippen LogP contribution is 2.25. The van der Waals surface area contributed by atoms with E-state index in [4.69, 9.17) is 16.7 Å². The van der Waals surface area contributed by atoms with E-state index in [1.54, 1.807) is 0 Å². The van der Waals surface area contributed by atoms with Crippen LogP contribution in [0.4, 0.5) is 0 Å². The molecule has 114 valence electrons. The quantitative estimate of drug-likeness (QED) is 0.618. The van der Waals surface area contributed by atoms with E-state index in [9.17, 15) is 4.79 Å². The molecule has 2 heterocycles. The lowest BCUT2D eigenvalue weighted by atomic mass is 10.0.